The number of hydrogen-bond acceptors (Lipinski definition) is 3. The third kappa shape index (κ3) is 3.16. The first-order valence-electron chi connectivity index (χ1n) is 4.72. The quantitative estimate of drug-likeness (QED) is 0.768. The van der Waals surface area contributed by atoms with Crippen LogP contribution >= 0.6 is 11.8 Å². The smallest absolute Gasteiger partial charge is 0.255 e. The third-order valence-corrected chi connectivity index (χ3v) is 2.69. The van der Waals surface area contributed by atoms with E-state index in [-0.39, 0.29) is 11.7 Å². The maximum absolute atomic E-state index is 11.6. The number of thioether (sulfide) groups is 1. The fraction of sp³-hybridized carbons (Fsp3) is 0.364. The summed E-state index contributed by atoms with van der Waals surface area (Å²) in [5.74, 6) is 0.725. The van der Waals surface area contributed by atoms with Gasteiger partial charge in [0.15, 0.2) is 0 Å². The van der Waals surface area contributed by atoms with Gasteiger partial charge in [-0.2, -0.15) is 11.8 Å². The van der Waals surface area contributed by atoms with E-state index < -0.39 is 0 Å². The second-order valence-electron chi connectivity index (χ2n) is 3.22. The number of carbonyl (C=O) groups excluding carboxylic acids is 1. The van der Waals surface area contributed by atoms with Crippen molar-refractivity contribution in [3.05, 3.63) is 29.3 Å². The number of nitrogens with one attached hydrogen (secondary N) is 1. The van der Waals surface area contributed by atoms with E-state index in [0.717, 1.165) is 5.75 Å². The van der Waals surface area contributed by atoms with Crippen LogP contribution in [0.4, 0.5) is 0 Å². The Morgan fingerprint density at radius 3 is 2.93 bits per heavy atom. The minimum Gasteiger partial charge on any atom is -0.507 e. The van der Waals surface area contributed by atoms with E-state index in [1.807, 2.05) is 6.26 Å². The van der Waals surface area contributed by atoms with Crippen LogP contribution in [0, 0.1) is 6.92 Å². The Morgan fingerprint density at radius 2 is 2.27 bits per heavy atom. The van der Waals surface area contributed by atoms with Crippen LogP contribution in [0.15, 0.2) is 18.2 Å². The Hall–Kier alpha value is -1.16. The molecule has 4 heteroatoms. The number of phenols is 1. The Kier molecular flexibility index (Phi) is 4.49. The number of benzene rings is 1. The van der Waals surface area contributed by atoms with Crippen LogP contribution in [0.25, 0.3) is 0 Å². The van der Waals surface area contributed by atoms with Crippen molar-refractivity contribution in [2.75, 3.05) is 18.6 Å². The van der Waals surface area contributed by atoms with Gasteiger partial charge in [-0.15, -0.1) is 0 Å². The second kappa shape index (κ2) is 5.66. The van der Waals surface area contributed by atoms with Gasteiger partial charge in [-0.05, 0) is 24.8 Å². The van der Waals surface area contributed by atoms with E-state index in [1.54, 1.807) is 36.9 Å². The molecule has 82 valence electrons. The van der Waals surface area contributed by atoms with Crippen molar-refractivity contribution < 1.29 is 9.90 Å². The number of phenolic OH excluding ortho intramolecular Hbond substituents is 1. The SMILES string of the molecule is CSCCNC(=O)c1cccc(C)c1O. The van der Waals surface area contributed by atoms with Crippen LogP contribution < -0.4 is 5.32 Å². The maximum Gasteiger partial charge on any atom is 0.255 e. The molecule has 0 fully saturated rings. The molecular weight excluding hydrogens is 210 g/mol. The highest BCUT2D eigenvalue weighted by molar-refractivity contribution is 7.98. The molecule has 3 nitrogen and oxygen atoms in total. The Bertz CT molecular complexity index is 352. The standard InChI is InChI=1S/C11H15NO2S/c1-8-4-3-5-9(10(8)13)11(14)12-6-7-15-2/h3-5,13H,6-7H2,1-2H3,(H,12,14). The highest BCUT2D eigenvalue weighted by Crippen LogP contribution is 2.20. The number of carbonyl (C=O) groups is 1. The zero-order valence-electron chi connectivity index (χ0n) is 8.91. The highest BCUT2D eigenvalue weighted by Gasteiger charge is 2.11. The summed E-state index contributed by atoms with van der Waals surface area (Å²) in [7, 11) is 0. The molecule has 1 aromatic carbocycles. The lowest BCUT2D eigenvalue weighted by Crippen LogP contribution is -2.25. The molecule has 15 heavy (non-hydrogen) atoms. The van der Waals surface area contributed by atoms with E-state index >= 15 is 0 Å². The Labute approximate surface area is 93.9 Å². The van der Waals surface area contributed by atoms with E-state index in [0.29, 0.717) is 17.7 Å². The number of hydrogen-bond donors (Lipinski definition) is 2. The second-order valence-corrected chi connectivity index (χ2v) is 4.21. The first kappa shape index (κ1) is 11.9. The van der Waals surface area contributed by atoms with Gasteiger partial charge in [-0.1, -0.05) is 12.1 Å². The molecule has 2 N–H and O–H groups in total. The number of aromatic hydroxyl groups is 1. The number of amides is 1. The zero-order valence-corrected chi connectivity index (χ0v) is 9.73. The van der Waals surface area contributed by atoms with Crippen molar-refractivity contribution in [2.45, 2.75) is 6.92 Å². The summed E-state index contributed by atoms with van der Waals surface area (Å²) < 4.78 is 0. The minimum atomic E-state index is -0.217. The largest absolute Gasteiger partial charge is 0.507 e. The van der Waals surface area contributed by atoms with Crippen LogP contribution in [-0.2, 0) is 0 Å². The van der Waals surface area contributed by atoms with Gasteiger partial charge >= 0.3 is 0 Å². The molecule has 0 atom stereocenters. The molecule has 0 bridgehead atoms. The van der Waals surface area contributed by atoms with Crippen LogP contribution in [0.3, 0.4) is 0 Å². The zero-order chi connectivity index (χ0) is 11.3. The average Bonchev–Trinajstić information content (AvgIpc) is 2.22. The molecule has 0 unspecified atom stereocenters. The predicted molar refractivity (Wildman–Crippen MR) is 63.6 cm³/mol. The molecule has 0 aliphatic carbocycles. The lowest BCUT2D eigenvalue weighted by Gasteiger charge is -2.07. The summed E-state index contributed by atoms with van der Waals surface area (Å²) in [4.78, 5) is 11.6. The van der Waals surface area contributed by atoms with Crippen molar-refractivity contribution in [1.29, 1.82) is 0 Å². The number of aryl methyl sites for hydroxylation is 1. The molecule has 0 saturated carbocycles. The van der Waals surface area contributed by atoms with E-state index in [2.05, 4.69) is 5.32 Å². The van der Waals surface area contributed by atoms with E-state index in [9.17, 15) is 9.90 Å². The molecule has 0 radical (unpaired) electrons. The molecule has 1 rings (SSSR count). The van der Waals surface area contributed by atoms with Crippen molar-refractivity contribution >= 4 is 17.7 Å². The number of rotatable bonds is 4. The fourth-order valence-corrected chi connectivity index (χ4v) is 1.51. The molecule has 1 amide bonds. The minimum absolute atomic E-state index is 0.0687. The van der Waals surface area contributed by atoms with Crippen molar-refractivity contribution in [3.8, 4) is 5.75 Å². The van der Waals surface area contributed by atoms with Gasteiger partial charge in [-0.3, -0.25) is 4.79 Å². The molecular formula is C11H15NO2S. The third-order valence-electron chi connectivity index (χ3n) is 2.07. The summed E-state index contributed by atoms with van der Waals surface area (Å²) in [6.45, 7) is 2.39. The van der Waals surface area contributed by atoms with Crippen LogP contribution in [0.2, 0.25) is 0 Å². The summed E-state index contributed by atoms with van der Waals surface area (Å²) in [6.07, 6.45) is 1.98. The fourth-order valence-electron chi connectivity index (χ4n) is 1.20. The summed E-state index contributed by atoms with van der Waals surface area (Å²) in [5.41, 5.74) is 1.06. The van der Waals surface area contributed by atoms with Gasteiger partial charge in [0.05, 0.1) is 5.56 Å². The highest BCUT2D eigenvalue weighted by atomic mass is 32.2. The summed E-state index contributed by atoms with van der Waals surface area (Å²) in [5, 5.41) is 12.4. The van der Waals surface area contributed by atoms with E-state index in [1.165, 1.54) is 0 Å². The summed E-state index contributed by atoms with van der Waals surface area (Å²) >= 11 is 1.67. The molecule has 0 aliphatic heterocycles. The van der Waals surface area contributed by atoms with Gasteiger partial charge in [0.1, 0.15) is 5.75 Å². The van der Waals surface area contributed by atoms with Gasteiger partial charge in [0, 0.05) is 12.3 Å². The lowest BCUT2D eigenvalue weighted by molar-refractivity contribution is 0.0953. The van der Waals surface area contributed by atoms with Crippen molar-refractivity contribution in [2.24, 2.45) is 0 Å². The molecule has 0 heterocycles. The van der Waals surface area contributed by atoms with Gasteiger partial charge < -0.3 is 10.4 Å². The van der Waals surface area contributed by atoms with E-state index in [4.69, 9.17) is 0 Å². The molecule has 0 aliphatic rings. The van der Waals surface area contributed by atoms with Crippen LogP contribution in [0.5, 0.6) is 5.75 Å². The monoisotopic (exact) mass is 225 g/mol. The van der Waals surface area contributed by atoms with Crippen molar-refractivity contribution in [3.63, 3.8) is 0 Å². The van der Waals surface area contributed by atoms with Gasteiger partial charge in [0.25, 0.3) is 5.91 Å². The molecule has 0 saturated heterocycles. The first-order valence-corrected chi connectivity index (χ1v) is 6.12. The molecule has 1 aromatic rings. The van der Waals surface area contributed by atoms with Crippen molar-refractivity contribution in [1.82, 2.24) is 5.32 Å². The average molecular weight is 225 g/mol. The Morgan fingerprint density at radius 1 is 1.53 bits per heavy atom. The molecule has 0 aromatic heterocycles. The number of para-hydroxylation sites is 1. The summed E-state index contributed by atoms with van der Waals surface area (Å²) in [6, 6.07) is 5.16. The first-order chi connectivity index (χ1) is 7.16. The van der Waals surface area contributed by atoms with Gasteiger partial charge in [0.2, 0.25) is 0 Å². The van der Waals surface area contributed by atoms with Crippen LogP contribution in [0.1, 0.15) is 15.9 Å². The molecule has 0 spiro atoms. The lowest BCUT2D eigenvalue weighted by atomic mass is 10.1. The Balaban J connectivity index is 2.69. The topological polar surface area (TPSA) is 49.3 Å². The van der Waals surface area contributed by atoms with Crippen LogP contribution in [-0.4, -0.2) is 29.6 Å². The maximum atomic E-state index is 11.6. The predicted octanol–water partition coefficient (Wildman–Crippen LogP) is 1.79. The normalized spacial score (nSPS) is 10.0. The van der Waals surface area contributed by atoms with Gasteiger partial charge in [-0.25, -0.2) is 0 Å².